The molecule has 1 unspecified atom stereocenters. The zero-order chi connectivity index (χ0) is 15.2. The van der Waals surface area contributed by atoms with Crippen LogP contribution in [0.2, 0.25) is 0 Å². The molecular formula is C17H21FN2S. The molecule has 4 heteroatoms. The lowest BCUT2D eigenvalue weighted by molar-refractivity contribution is 0.572. The number of benzene rings is 2. The summed E-state index contributed by atoms with van der Waals surface area (Å²) in [5.41, 5.74) is 6.22. The van der Waals surface area contributed by atoms with Crippen LogP contribution in [0.5, 0.6) is 0 Å². The van der Waals surface area contributed by atoms with Crippen LogP contribution in [-0.2, 0) is 6.42 Å². The first kappa shape index (κ1) is 16.0. The Balaban J connectivity index is 1.97. The highest BCUT2D eigenvalue weighted by Crippen LogP contribution is 2.21. The van der Waals surface area contributed by atoms with Gasteiger partial charge in [0.2, 0.25) is 0 Å². The normalized spacial score (nSPS) is 12.4. The van der Waals surface area contributed by atoms with E-state index in [4.69, 9.17) is 5.84 Å². The minimum absolute atomic E-state index is 0.152. The lowest BCUT2D eigenvalue weighted by atomic mass is 10.0. The summed E-state index contributed by atoms with van der Waals surface area (Å²) in [5.74, 6) is 6.34. The average molecular weight is 304 g/mol. The van der Waals surface area contributed by atoms with Gasteiger partial charge < -0.3 is 0 Å². The van der Waals surface area contributed by atoms with Crippen molar-refractivity contribution in [2.75, 3.05) is 5.75 Å². The van der Waals surface area contributed by atoms with E-state index in [0.29, 0.717) is 0 Å². The molecule has 0 saturated carbocycles. The maximum atomic E-state index is 13.1. The van der Waals surface area contributed by atoms with Gasteiger partial charge in [0.1, 0.15) is 5.82 Å². The number of nitrogens with two attached hydrogens (primary N) is 1. The predicted octanol–water partition coefficient (Wildman–Crippen LogP) is 3.61. The third-order valence-corrected chi connectivity index (χ3v) is 4.60. The fourth-order valence-corrected chi connectivity index (χ4v) is 3.27. The lowest BCUT2D eigenvalue weighted by Crippen LogP contribution is -2.38. The Hall–Kier alpha value is -1.36. The average Bonchev–Trinajstić information content (AvgIpc) is 2.45. The number of hydrogen-bond acceptors (Lipinski definition) is 3. The van der Waals surface area contributed by atoms with Gasteiger partial charge in [-0.05, 0) is 55.7 Å². The van der Waals surface area contributed by atoms with Gasteiger partial charge in [-0.2, -0.15) is 0 Å². The van der Waals surface area contributed by atoms with Gasteiger partial charge in [0, 0.05) is 16.7 Å². The summed E-state index contributed by atoms with van der Waals surface area (Å²) in [6.45, 7) is 4.02. The number of aryl methyl sites for hydroxylation is 2. The van der Waals surface area contributed by atoms with Gasteiger partial charge in [-0.3, -0.25) is 11.3 Å². The monoisotopic (exact) mass is 304 g/mol. The van der Waals surface area contributed by atoms with Crippen molar-refractivity contribution in [3.05, 3.63) is 65.0 Å². The molecule has 0 spiro atoms. The van der Waals surface area contributed by atoms with Crippen molar-refractivity contribution in [2.45, 2.75) is 31.2 Å². The van der Waals surface area contributed by atoms with Crippen LogP contribution in [-0.4, -0.2) is 11.8 Å². The van der Waals surface area contributed by atoms with Gasteiger partial charge in [-0.25, -0.2) is 4.39 Å². The first-order valence-corrected chi connectivity index (χ1v) is 7.97. The van der Waals surface area contributed by atoms with Crippen LogP contribution in [0.1, 0.15) is 16.7 Å². The smallest absolute Gasteiger partial charge is 0.123 e. The molecule has 2 rings (SSSR count). The number of halogens is 1. The van der Waals surface area contributed by atoms with Gasteiger partial charge >= 0.3 is 0 Å². The molecule has 2 aromatic rings. The zero-order valence-corrected chi connectivity index (χ0v) is 13.2. The van der Waals surface area contributed by atoms with Gasteiger partial charge in [-0.15, -0.1) is 11.8 Å². The Labute approximate surface area is 129 Å². The highest BCUT2D eigenvalue weighted by atomic mass is 32.2. The summed E-state index contributed by atoms with van der Waals surface area (Å²) in [4.78, 5) is 1.24. The molecular weight excluding hydrogens is 283 g/mol. The highest BCUT2D eigenvalue weighted by molar-refractivity contribution is 7.99. The first-order valence-electron chi connectivity index (χ1n) is 6.99. The molecule has 0 heterocycles. The van der Waals surface area contributed by atoms with Crippen LogP contribution in [0.4, 0.5) is 4.39 Å². The molecule has 1 atom stereocenters. The van der Waals surface area contributed by atoms with Crippen molar-refractivity contribution >= 4 is 11.8 Å². The molecule has 0 fully saturated rings. The highest BCUT2D eigenvalue weighted by Gasteiger charge is 2.11. The van der Waals surface area contributed by atoms with Gasteiger partial charge in [0.15, 0.2) is 0 Å². The molecule has 0 aliphatic heterocycles. The van der Waals surface area contributed by atoms with Crippen LogP contribution in [0.25, 0.3) is 0 Å². The van der Waals surface area contributed by atoms with E-state index in [0.717, 1.165) is 23.3 Å². The third-order valence-electron chi connectivity index (χ3n) is 3.45. The Kier molecular flexibility index (Phi) is 5.79. The van der Waals surface area contributed by atoms with E-state index in [1.54, 1.807) is 17.8 Å². The largest absolute Gasteiger partial charge is 0.271 e. The van der Waals surface area contributed by atoms with Crippen molar-refractivity contribution < 1.29 is 4.39 Å². The van der Waals surface area contributed by atoms with E-state index < -0.39 is 0 Å². The van der Waals surface area contributed by atoms with E-state index in [1.165, 1.54) is 16.5 Å². The Morgan fingerprint density at radius 3 is 2.67 bits per heavy atom. The molecule has 112 valence electrons. The first-order chi connectivity index (χ1) is 10.1. The van der Waals surface area contributed by atoms with Gasteiger partial charge in [0.25, 0.3) is 0 Å². The van der Waals surface area contributed by atoms with E-state index in [2.05, 4.69) is 36.6 Å². The molecule has 0 saturated heterocycles. The fraction of sp³-hybridized carbons (Fsp3) is 0.294. The van der Waals surface area contributed by atoms with E-state index in [9.17, 15) is 4.39 Å². The van der Waals surface area contributed by atoms with Crippen molar-refractivity contribution in [2.24, 2.45) is 5.84 Å². The second-order valence-corrected chi connectivity index (χ2v) is 6.36. The minimum Gasteiger partial charge on any atom is -0.271 e. The predicted molar refractivity (Wildman–Crippen MR) is 87.9 cm³/mol. The number of hydrogen-bond donors (Lipinski definition) is 2. The standard InChI is InChI=1S/C17H21FN2S/c1-12-4-3-5-17(8-12)21-11-16(20-19)10-14-6-7-15(18)9-13(14)2/h3-9,16,20H,10-11,19H2,1-2H3. The maximum absolute atomic E-state index is 13.1. The van der Waals surface area contributed by atoms with Gasteiger partial charge in [-0.1, -0.05) is 23.8 Å². The summed E-state index contributed by atoms with van der Waals surface area (Å²) < 4.78 is 13.1. The summed E-state index contributed by atoms with van der Waals surface area (Å²) in [6.07, 6.45) is 0.793. The molecule has 0 aliphatic carbocycles. The van der Waals surface area contributed by atoms with Crippen molar-refractivity contribution in [3.63, 3.8) is 0 Å². The number of hydrazine groups is 1. The molecule has 0 bridgehead atoms. The van der Waals surface area contributed by atoms with Crippen LogP contribution in [0.15, 0.2) is 47.4 Å². The molecule has 2 aromatic carbocycles. The molecule has 0 aliphatic rings. The SMILES string of the molecule is Cc1cccc(SCC(Cc2ccc(F)cc2C)NN)c1. The van der Waals surface area contributed by atoms with E-state index in [-0.39, 0.29) is 11.9 Å². The summed E-state index contributed by atoms with van der Waals surface area (Å²) in [7, 11) is 0. The van der Waals surface area contributed by atoms with Crippen molar-refractivity contribution in [1.29, 1.82) is 0 Å². The Morgan fingerprint density at radius 1 is 1.19 bits per heavy atom. The molecule has 0 amide bonds. The number of rotatable bonds is 6. The molecule has 0 radical (unpaired) electrons. The lowest BCUT2D eigenvalue weighted by Gasteiger charge is -2.17. The second-order valence-electron chi connectivity index (χ2n) is 5.27. The molecule has 2 nitrogen and oxygen atoms in total. The topological polar surface area (TPSA) is 38.0 Å². The summed E-state index contributed by atoms with van der Waals surface area (Å²) in [5, 5.41) is 0. The Bertz CT molecular complexity index is 601. The molecule has 0 aromatic heterocycles. The van der Waals surface area contributed by atoms with E-state index in [1.807, 2.05) is 13.0 Å². The summed E-state index contributed by atoms with van der Waals surface area (Å²) >= 11 is 1.78. The quantitative estimate of drug-likeness (QED) is 0.486. The number of nitrogens with one attached hydrogen (secondary N) is 1. The summed E-state index contributed by atoms with van der Waals surface area (Å²) in [6, 6.07) is 13.5. The molecule has 3 N–H and O–H groups in total. The van der Waals surface area contributed by atoms with Crippen LogP contribution in [0, 0.1) is 19.7 Å². The third kappa shape index (κ3) is 4.84. The second kappa shape index (κ2) is 7.59. The number of thioether (sulfide) groups is 1. The Morgan fingerprint density at radius 2 is 2.00 bits per heavy atom. The van der Waals surface area contributed by atoms with E-state index >= 15 is 0 Å². The van der Waals surface area contributed by atoms with Crippen LogP contribution >= 0.6 is 11.8 Å². The van der Waals surface area contributed by atoms with Crippen LogP contribution in [0.3, 0.4) is 0 Å². The van der Waals surface area contributed by atoms with Crippen molar-refractivity contribution in [3.8, 4) is 0 Å². The van der Waals surface area contributed by atoms with Crippen LogP contribution < -0.4 is 11.3 Å². The van der Waals surface area contributed by atoms with Crippen molar-refractivity contribution in [1.82, 2.24) is 5.43 Å². The zero-order valence-electron chi connectivity index (χ0n) is 12.4. The van der Waals surface area contributed by atoms with Gasteiger partial charge in [0.05, 0.1) is 0 Å². The molecule has 21 heavy (non-hydrogen) atoms. The fourth-order valence-electron chi connectivity index (χ4n) is 2.22. The maximum Gasteiger partial charge on any atom is 0.123 e. The minimum atomic E-state index is -0.192.